The summed E-state index contributed by atoms with van der Waals surface area (Å²) in [5.74, 6) is -5.06. The number of hydrogen-bond acceptors (Lipinski definition) is 8. The Morgan fingerprint density at radius 1 is 1.00 bits per heavy atom. The number of H-pyrrole nitrogens is 1. The zero-order valence-corrected chi connectivity index (χ0v) is 27.6. The summed E-state index contributed by atoms with van der Waals surface area (Å²) in [6.45, 7) is 5.65. The van der Waals surface area contributed by atoms with Crippen LogP contribution in [0.4, 0.5) is 20.3 Å². The quantitative estimate of drug-likeness (QED) is 0.215. The van der Waals surface area contributed by atoms with E-state index >= 15 is 0 Å². The van der Waals surface area contributed by atoms with Crippen molar-refractivity contribution in [3.8, 4) is 5.69 Å². The van der Waals surface area contributed by atoms with E-state index in [2.05, 4.69) is 20.4 Å². The number of likely N-dealkylation sites (N-methyl/N-ethyl adjacent to an activating group) is 1. The first-order chi connectivity index (χ1) is 23.1. The van der Waals surface area contributed by atoms with Crippen LogP contribution in [0.5, 0.6) is 0 Å². The smallest absolute Gasteiger partial charge is 0.352 e. The van der Waals surface area contributed by atoms with Crippen molar-refractivity contribution in [1.29, 1.82) is 0 Å². The maximum Gasteiger partial charge on any atom is 0.352 e. The molecule has 1 fully saturated rings. The van der Waals surface area contributed by atoms with Crippen LogP contribution in [0.1, 0.15) is 56.3 Å². The molecule has 0 radical (unpaired) electrons. The largest absolute Gasteiger partial charge is 0.477 e. The Balaban J connectivity index is 1.40. The number of carboxylic acid groups (broad SMARTS) is 1. The SMILES string of the molecule is CN1CCN(c2cc(C(N)=O)c(C(=O)Nc3n[nH]c4c3CN(S(=O)(=O)c3cc(F)cc(F)c3)CC4(C)C)cc2-n2cccc2C(=O)O)CC1. The predicted molar refractivity (Wildman–Crippen MR) is 174 cm³/mol. The van der Waals surface area contributed by atoms with Crippen molar-refractivity contribution in [2.24, 2.45) is 5.73 Å². The number of carbonyl (C=O) groups excluding carboxylic acids is 2. The van der Waals surface area contributed by atoms with Crippen LogP contribution in [-0.2, 0) is 22.0 Å². The maximum atomic E-state index is 14.0. The molecule has 2 aromatic heterocycles. The van der Waals surface area contributed by atoms with Crippen LogP contribution in [0.15, 0.2) is 53.6 Å². The molecule has 17 heteroatoms. The number of sulfonamides is 1. The highest BCUT2D eigenvalue weighted by Gasteiger charge is 2.41. The van der Waals surface area contributed by atoms with Gasteiger partial charge in [-0.3, -0.25) is 14.7 Å². The van der Waals surface area contributed by atoms with Gasteiger partial charge >= 0.3 is 5.97 Å². The summed E-state index contributed by atoms with van der Waals surface area (Å²) < 4.78 is 57.6. The highest BCUT2D eigenvalue weighted by molar-refractivity contribution is 7.89. The molecule has 258 valence electrons. The minimum atomic E-state index is -4.40. The Morgan fingerprint density at radius 2 is 1.65 bits per heavy atom. The number of benzene rings is 2. The highest BCUT2D eigenvalue weighted by Crippen LogP contribution is 2.38. The number of primary amides is 1. The number of anilines is 2. The normalized spacial score (nSPS) is 16.7. The van der Waals surface area contributed by atoms with Crippen LogP contribution in [0, 0.1) is 11.6 Å². The summed E-state index contributed by atoms with van der Waals surface area (Å²) in [7, 11) is -2.42. The number of rotatable bonds is 8. The van der Waals surface area contributed by atoms with Crippen LogP contribution in [0.2, 0.25) is 0 Å². The lowest BCUT2D eigenvalue weighted by atomic mass is 9.84. The number of carbonyl (C=O) groups is 3. The average molecular weight is 697 g/mol. The van der Waals surface area contributed by atoms with Gasteiger partial charge in [0.25, 0.3) is 5.91 Å². The van der Waals surface area contributed by atoms with Crippen LogP contribution in [0.3, 0.4) is 0 Å². The molecule has 0 unspecified atom stereocenters. The van der Waals surface area contributed by atoms with E-state index in [0.29, 0.717) is 54.9 Å². The number of carboxylic acids is 1. The van der Waals surface area contributed by atoms with E-state index in [9.17, 15) is 36.7 Å². The third kappa shape index (κ3) is 6.27. The fourth-order valence-electron chi connectivity index (χ4n) is 6.33. The number of aromatic amines is 1. The van der Waals surface area contributed by atoms with Gasteiger partial charge in [-0.15, -0.1) is 0 Å². The van der Waals surface area contributed by atoms with Gasteiger partial charge in [0.1, 0.15) is 17.3 Å². The summed E-state index contributed by atoms with van der Waals surface area (Å²) in [6.07, 6.45) is 1.54. The fraction of sp³-hybridized carbons (Fsp3) is 0.312. The van der Waals surface area contributed by atoms with E-state index in [-0.39, 0.29) is 35.7 Å². The molecular weight excluding hydrogens is 662 g/mol. The Morgan fingerprint density at radius 3 is 2.29 bits per heavy atom. The summed E-state index contributed by atoms with van der Waals surface area (Å²) in [5, 5.41) is 19.7. The second-order valence-electron chi connectivity index (χ2n) is 12.8. The van der Waals surface area contributed by atoms with Gasteiger partial charge in [0.2, 0.25) is 15.9 Å². The van der Waals surface area contributed by atoms with E-state index in [0.717, 1.165) is 16.4 Å². The van der Waals surface area contributed by atoms with Crippen LogP contribution in [0.25, 0.3) is 5.69 Å². The molecule has 0 saturated carbocycles. The lowest BCUT2D eigenvalue weighted by Crippen LogP contribution is -2.45. The first-order valence-corrected chi connectivity index (χ1v) is 16.7. The molecule has 5 N–H and O–H groups in total. The molecule has 14 nitrogen and oxygen atoms in total. The highest BCUT2D eigenvalue weighted by atomic mass is 32.2. The standard InChI is InChI=1S/C32H34F2N8O6S/c1-32(2)17-41(49(47,48)20-12-18(33)11-19(34)13-20)16-23-27(32)37-38-29(23)36-30(44)22-15-26(42-6-4-5-24(42)31(45)46)25(14-21(22)28(35)43)40-9-7-39(3)8-10-40/h4-6,11-15H,7-10,16-17H2,1-3H3,(H2,35,43)(H,45,46)(H2,36,37,38,44). The molecule has 0 atom stereocenters. The zero-order chi connectivity index (χ0) is 35.4. The van der Waals surface area contributed by atoms with Crippen molar-refractivity contribution in [3.63, 3.8) is 0 Å². The van der Waals surface area contributed by atoms with E-state index in [1.54, 1.807) is 19.9 Å². The van der Waals surface area contributed by atoms with Gasteiger partial charge in [-0.25, -0.2) is 22.0 Å². The minimum absolute atomic E-state index is 0.0364. The first-order valence-electron chi connectivity index (χ1n) is 15.2. The third-order valence-electron chi connectivity index (χ3n) is 8.85. The number of nitrogens with zero attached hydrogens (tertiary/aromatic N) is 5. The second kappa shape index (κ2) is 12.4. The summed E-state index contributed by atoms with van der Waals surface area (Å²) in [5.41, 5.74) is 6.21. The van der Waals surface area contributed by atoms with Gasteiger partial charge in [0, 0.05) is 68.2 Å². The van der Waals surface area contributed by atoms with E-state index < -0.39 is 49.8 Å². The van der Waals surface area contributed by atoms with Crippen LogP contribution >= 0.6 is 0 Å². The van der Waals surface area contributed by atoms with Gasteiger partial charge in [-0.1, -0.05) is 13.8 Å². The molecule has 4 aromatic rings. The maximum absolute atomic E-state index is 14.0. The number of nitrogens with one attached hydrogen (secondary N) is 2. The number of piperazine rings is 1. The number of halogens is 2. The van der Waals surface area contributed by atoms with Gasteiger partial charge in [-0.2, -0.15) is 9.40 Å². The zero-order valence-electron chi connectivity index (χ0n) is 26.8. The van der Waals surface area contributed by atoms with Crippen LogP contribution in [-0.4, -0.2) is 95.0 Å². The summed E-state index contributed by atoms with van der Waals surface area (Å²) >= 11 is 0. The van der Waals surface area contributed by atoms with Gasteiger partial charge in [0.15, 0.2) is 5.82 Å². The fourth-order valence-corrected chi connectivity index (χ4v) is 7.95. The van der Waals surface area contributed by atoms with Crippen molar-refractivity contribution < 1.29 is 36.7 Å². The van der Waals surface area contributed by atoms with Gasteiger partial charge in [0.05, 0.1) is 27.4 Å². The Labute approximate surface area is 280 Å². The molecule has 6 rings (SSSR count). The topological polar surface area (TPSA) is 187 Å². The van der Waals surface area contributed by atoms with Gasteiger partial charge < -0.3 is 30.5 Å². The molecule has 49 heavy (non-hydrogen) atoms. The molecule has 0 aliphatic carbocycles. The monoisotopic (exact) mass is 696 g/mol. The van der Waals surface area contributed by atoms with E-state index in [1.807, 2.05) is 11.9 Å². The lowest BCUT2D eigenvalue weighted by Gasteiger charge is -2.37. The average Bonchev–Trinajstić information content (AvgIpc) is 3.68. The molecule has 2 amide bonds. The Kier molecular flexibility index (Phi) is 8.54. The number of hydrogen-bond donors (Lipinski definition) is 4. The second-order valence-corrected chi connectivity index (χ2v) is 14.7. The predicted octanol–water partition coefficient (Wildman–Crippen LogP) is 2.76. The van der Waals surface area contributed by atoms with Crippen molar-refractivity contribution in [2.45, 2.75) is 30.7 Å². The van der Waals surface area contributed by atoms with Gasteiger partial charge in [-0.05, 0) is 43.4 Å². The number of nitrogens with two attached hydrogens (primary N) is 1. The van der Waals surface area contributed by atoms with Crippen molar-refractivity contribution in [2.75, 3.05) is 50.0 Å². The summed E-state index contributed by atoms with van der Waals surface area (Å²) in [4.78, 5) is 42.5. The van der Waals surface area contributed by atoms with Crippen molar-refractivity contribution in [3.05, 3.63) is 88.4 Å². The van der Waals surface area contributed by atoms with E-state index in [1.165, 1.54) is 29.0 Å². The lowest BCUT2D eigenvalue weighted by molar-refractivity contribution is 0.0687. The molecule has 2 aliphatic heterocycles. The van der Waals surface area contributed by atoms with Crippen molar-refractivity contribution >= 4 is 39.3 Å². The Bertz CT molecular complexity index is 2080. The molecular formula is C32H34F2N8O6S. The number of fused-ring (bicyclic) bond motifs is 1. The molecule has 0 spiro atoms. The minimum Gasteiger partial charge on any atom is -0.477 e. The molecule has 0 bridgehead atoms. The van der Waals surface area contributed by atoms with Crippen molar-refractivity contribution in [1.82, 2.24) is 24.0 Å². The molecule has 1 saturated heterocycles. The first kappa shape index (κ1) is 33.8. The summed E-state index contributed by atoms with van der Waals surface area (Å²) in [6, 6.07) is 7.86. The molecule has 2 aliphatic rings. The third-order valence-corrected chi connectivity index (χ3v) is 10.6. The number of aromatic nitrogens is 3. The van der Waals surface area contributed by atoms with E-state index in [4.69, 9.17) is 5.73 Å². The number of aromatic carboxylic acids is 1. The Hall–Kier alpha value is -5.13. The number of amides is 2. The molecule has 2 aromatic carbocycles. The van der Waals surface area contributed by atoms with Crippen LogP contribution < -0.4 is 16.0 Å². The molecule has 4 heterocycles.